The fraction of sp³-hybridized carbons (Fsp3) is 0.750. The first kappa shape index (κ1) is 13.6. The zero-order valence-electron chi connectivity index (χ0n) is 10.1. The summed E-state index contributed by atoms with van der Waals surface area (Å²) in [5, 5.41) is -4.53. The second-order valence-electron chi connectivity index (χ2n) is 4.69. The molecular formula is C12H16F2O3S. The van der Waals surface area contributed by atoms with Crippen LogP contribution in [0.4, 0.5) is 8.78 Å². The fourth-order valence-corrected chi connectivity index (χ4v) is 4.18. The first-order valence-corrected chi connectivity index (χ1v) is 7.32. The molecule has 2 bridgehead atoms. The lowest BCUT2D eigenvalue weighted by Crippen LogP contribution is -2.45. The quantitative estimate of drug-likeness (QED) is 0.585. The maximum absolute atomic E-state index is 13.7. The van der Waals surface area contributed by atoms with Gasteiger partial charge in [0.05, 0.1) is 6.61 Å². The minimum atomic E-state index is -3.90. The number of allylic oxidation sites excluding steroid dienone is 2. The number of carbonyl (C=O) groups is 1. The van der Waals surface area contributed by atoms with Gasteiger partial charge in [-0.1, -0.05) is 12.2 Å². The second kappa shape index (κ2) is 5.07. The van der Waals surface area contributed by atoms with Crippen molar-refractivity contribution in [2.45, 2.75) is 36.7 Å². The lowest BCUT2D eigenvalue weighted by Gasteiger charge is -2.38. The van der Waals surface area contributed by atoms with Gasteiger partial charge in [0.2, 0.25) is 0 Å². The molecule has 0 aromatic carbocycles. The Kier molecular flexibility index (Phi) is 3.84. The van der Waals surface area contributed by atoms with Crippen molar-refractivity contribution >= 4 is 16.8 Å². The standard InChI is InChI=1S/C12H16F2O3S/c1-2-17-11(15)12(13,14)18(16)10-7-8-3-5-9(10)6-4-8/h3,5,8-10H,2,4,6-7H2,1H3/t8-,9+,10?,18?/m1/s1. The van der Waals surface area contributed by atoms with E-state index in [2.05, 4.69) is 4.74 Å². The third-order valence-corrected chi connectivity index (χ3v) is 5.32. The molecule has 1 fully saturated rings. The van der Waals surface area contributed by atoms with Crippen molar-refractivity contribution in [3.8, 4) is 0 Å². The SMILES string of the molecule is CCOC(=O)C(F)(F)S(=O)C1C[C@@H]2C=C[C@H]1CC2. The summed E-state index contributed by atoms with van der Waals surface area (Å²) in [6.07, 6.45) is 6.07. The Morgan fingerprint density at radius 2 is 2.17 bits per heavy atom. The topological polar surface area (TPSA) is 43.4 Å². The van der Waals surface area contributed by atoms with E-state index in [0.29, 0.717) is 6.42 Å². The van der Waals surface area contributed by atoms with Gasteiger partial charge in [0, 0.05) is 5.25 Å². The van der Waals surface area contributed by atoms with Crippen LogP contribution >= 0.6 is 0 Å². The number of fused-ring (bicyclic) bond motifs is 2. The minimum Gasteiger partial charge on any atom is -0.461 e. The summed E-state index contributed by atoms with van der Waals surface area (Å²) in [4.78, 5) is 11.2. The van der Waals surface area contributed by atoms with Gasteiger partial charge in [-0.25, -0.2) is 4.79 Å². The molecule has 4 atom stereocenters. The van der Waals surface area contributed by atoms with Crippen LogP contribution in [0.15, 0.2) is 12.2 Å². The van der Waals surface area contributed by atoms with E-state index >= 15 is 0 Å². The zero-order chi connectivity index (χ0) is 13.3. The first-order valence-electron chi connectivity index (χ1n) is 6.10. The van der Waals surface area contributed by atoms with Gasteiger partial charge in [-0.05, 0) is 38.0 Å². The number of carbonyl (C=O) groups excluding carboxylic acids is 1. The second-order valence-corrected chi connectivity index (χ2v) is 6.41. The maximum atomic E-state index is 13.7. The van der Waals surface area contributed by atoms with Crippen molar-refractivity contribution in [3.05, 3.63) is 12.2 Å². The highest BCUT2D eigenvalue weighted by Gasteiger charge is 2.53. The van der Waals surface area contributed by atoms with Gasteiger partial charge in [-0.15, -0.1) is 0 Å². The fourth-order valence-electron chi connectivity index (χ4n) is 2.61. The van der Waals surface area contributed by atoms with Crippen molar-refractivity contribution in [2.75, 3.05) is 6.61 Å². The van der Waals surface area contributed by atoms with Gasteiger partial charge in [-0.2, -0.15) is 8.78 Å². The Morgan fingerprint density at radius 1 is 1.44 bits per heavy atom. The molecule has 2 unspecified atom stereocenters. The Balaban J connectivity index is 2.12. The molecule has 0 saturated heterocycles. The Labute approximate surface area is 107 Å². The smallest absolute Gasteiger partial charge is 0.416 e. The Morgan fingerprint density at radius 3 is 2.61 bits per heavy atom. The van der Waals surface area contributed by atoms with Crippen LogP contribution in [0.5, 0.6) is 0 Å². The van der Waals surface area contributed by atoms with Gasteiger partial charge < -0.3 is 4.74 Å². The largest absolute Gasteiger partial charge is 0.461 e. The van der Waals surface area contributed by atoms with Gasteiger partial charge in [0.1, 0.15) is 10.8 Å². The molecule has 1 saturated carbocycles. The molecule has 0 N–H and O–H groups in total. The molecule has 0 amide bonds. The highest BCUT2D eigenvalue weighted by atomic mass is 32.2. The van der Waals surface area contributed by atoms with Crippen molar-refractivity contribution in [1.82, 2.24) is 0 Å². The maximum Gasteiger partial charge on any atom is 0.416 e. The first-order chi connectivity index (χ1) is 8.46. The van der Waals surface area contributed by atoms with E-state index in [9.17, 15) is 17.8 Å². The molecule has 3 rings (SSSR count). The molecule has 6 heteroatoms. The highest BCUT2D eigenvalue weighted by Crippen LogP contribution is 2.41. The van der Waals surface area contributed by atoms with Crippen LogP contribution < -0.4 is 0 Å². The number of esters is 1. The van der Waals surface area contributed by atoms with Crippen LogP contribution in [0.3, 0.4) is 0 Å². The summed E-state index contributed by atoms with van der Waals surface area (Å²) >= 11 is 0. The van der Waals surface area contributed by atoms with Crippen LogP contribution in [0.25, 0.3) is 0 Å². The summed E-state index contributed by atoms with van der Waals surface area (Å²) in [6.45, 7) is 1.31. The van der Waals surface area contributed by atoms with E-state index in [1.54, 1.807) is 0 Å². The molecule has 3 nitrogen and oxygen atoms in total. The molecule has 0 radical (unpaired) electrons. The van der Waals surface area contributed by atoms with E-state index in [4.69, 9.17) is 0 Å². The van der Waals surface area contributed by atoms with Crippen LogP contribution in [0.1, 0.15) is 26.2 Å². The third-order valence-electron chi connectivity index (χ3n) is 3.55. The average molecular weight is 278 g/mol. The average Bonchev–Trinajstić information content (AvgIpc) is 2.39. The minimum absolute atomic E-state index is 0.101. The van der Waals surface area contributed by atoms with E-state index < -0.39 is 27.3 Å². The molecule has 0 spiro atoms. The van der Waals surface area contributed by atoms with E-state index in [-0.39, 0.29) is 18.4 Å². The van der Waals surface area contributed by atoms with Crippen LogP contribution in [0.2, 0.25) is 0 Å². The van der Waals surface area contributed by atoms with Gasteiger partial charge in [0.25, 0.3) is 0 Å². The van der Waals surface area contributed by atoms with E-state index in [1.807, 2.05) is 12.2 Å². The molecule has 0 aliphatic heterocycles. The van der Waals surface area contributed by atoms with Crippen molar-refractivity contribution in [3.63, 3.8) is 0 Å². The normalized spacial score (nSPS) is 32.3. The van der Waals surface area contributed by atoms with Crippen molar-refractivity contribution < 1.29 is 22.5 Å². The van der Waals surface area contributed by atoms with Crippen LogP contribution in [-0.2, 0) is 20.3 Å². The summed E-state index contributed by atoms with van der Waals surface area (Å²) in [5.41, 5.74) is 0. The molecule has 0 aromatic heterocycles. The lowest BCUT2D eigenvalue weighted by atomic mass is 9.76. The molecule has 0 aromatic rings. The summed E-state index contributed by atoms with van der Waals surface area (Å²) in [6, 6.07) is 0. The highest BCUT2D eigenvalue weighted by molar-refractivity contribution is 7.87. The summed E-state index contributed by atoms with van der Waals surface area (Å²) in [5.74, 6) is -1.55. The summed E-state index contributed by atoms with van der Waals surface area (Å²) in [7, 11) is -2.51. The number of ether oxygens (including phenoxy) is 1. The van der Waals surface area contributed by atoms with E-state index in [0.717, 1.165) is 12.8 Å². The molecule has 18 heavy (non-hydrogen) atoms. The number of halogens is 2. The van der Waals surface area contributed by atoms with Gasteiger partial charge in [0.15, 0.2) is 0 Å². The number of alkyl halides is 2. The van der Waals surface area contributed by atoms with Crippen LogP contribution in [-0.4, -0.2) is 27.3 Å². The van der Waals surface area contributed by atoms with Crippen LogP contribution in [0, 0.1) is 11.8 Å². The summed E-state index contributed by atoms with van der Waals surface area (Å²) < 4.78 is 43.7. The van der Waals surface area contributed by atoms with E-state index in [1.165, 1.54) is 6.92 Å². The number of rotatable bonds is 4. The Bertz CT molecular complexity index is 395. The van der Waals surface area contributed by atoms with Crippen molar-refractivity contribution in [1.29, 1.82) is 0 Å². The zero-order valence-corrected chi connectivity index (χ0v) is 10.9. The predicted molar refractivity (Wildman–Crippen MR) is 63.5 cm³/mol. The molecule has 3 aliphatic carbocycles. The monoisotopic (exact) mass is 278 g/mol. The number of hydrogen-bond acceptors (Lipinski definition) is 3. The molecule has 3 aliphatic rings. The predicted octanol–water partition coefficient (Wildman–Crippen LogP) is 2.25. The lowest BCUT2D eigenvalue weighted by molar-refractivity contribution is -0.160. The molecular weight excluding hydrogens is 262 g/mol. The number of hydrogen-bond donors (Lipinski definition) is 0. The third kappa shape index (κ3) is 2.35. The Hall–Kier alpha value is -0.780. The van der Waals surface area contributed by atoms with Gasteiger partial charge in [-0.3, -0.25) is 4.21 Å². The van der Waals surface area contributed by atoms with Crippen molar-refractivity contribution in [2.24, 2.45) is 11.8 Å². The van der Waals surface area contributed by atoms with Gasteiger partial charge >= 0.3 is 11.2 Å². The molecule has 102 valence electrons. The molecule has 0 heterocycles.